The number of nitrogens with zero attached hydrogens (tertiary/aromatic N) is 2. The summed E-state index contributed by atoms with van der Waals surface area (Å²) >= 11 is 0. The van der Waals surface area contributed by atoms with Crippen LogP contribution in [0.25, 0.3) is 16.4 Å². The van der Waals surface area contributed by atoms with Crippen molar-refractivity contribution in [2.45, 2.75) is 40.0 Å². The fraction of sp³-hybridized carbons (Fsp3) is 0.353. The van der Waals surface area contributed by atoms with E-state index in [0.29, 0.717) is 0 Å². The molecule has 0 bridgehead atoms. The summed E-state index contributed by atoms with van der Waals surface area (Å²) in [4.78, 5) is 4.68. The molecule has 0 fully saturated rings. The number of fused-ring (bicyclic) bond motifs is 3. The van der Waals surface area contributed by atoms with Gasteiger partial charge in [-0.25, -0.2) is 4.98 Å². The molecule has 19 heavy (non-hydrogen) atoms. The summed E-state index contributed by atoms with van der Waals surface area (Å²) in [5.74, 6) is 0. The summed E-state index contributed by atoms with van der Waals surface area (Å²) in [5.41, 5.74) is 5.07. The molecule has 1 aromatic carbocycles. The third kappa shape index (κ3) is 1.66. The van der Waals surface area contributed by atoms with Crippen LogP contribution in [0, 0.1) is 13.8 Å². The molecule has 0 spiro atoms. The third-order valence-corrected chi connectivity index (χ3v) is 3.98. The number of aryl methyl sites for hydroxylation is 2. The fourth-order valence-corrected chi connectivity index (χ4v) is 2.78. The lowest BCUT2D eigenvalue weighted by atomic mass is 9.92. The van der Waals surface area contributed by atoms with Crippen molar-refractivity contribution in [3.8, 4) is 0 Å². The van der Waals surface area contributed by atoms with Gasteiger partial charge in [-0.1, -0.05) is 45.0 Å². The Kier molecular flexibility index (Phi) is 2.46. The third-order valence-electron chi connectivity index (χ3n) is 3.98. The molecule has 0 N–H and O–H groups in total. The Morgan fingerprint density at radius 3 is 2.26 bits per heavy atom. The molecule has 2 nitrogen and oxygen atoms in total. The van der Waals surface area contributed by atoms with Gasteiger partial charge in [-0.2, -0.15) is 0 Å². The van der Waals surface area contributed by atoms with Crippen molar-refractivity contribution in [2.75, 3.05) is 0 Å². The van der Waals surface area contributed by atoms with Crippen molar-refractivity contribution < 1.29 is 0 Å². The molecule has 0 atom stereocenters. The molecule has 3 rings (SSSR count). The highest BCUT2D eigenvalue weighted by atomic mass is 15.0. The number of aromatic nitrogens is 2. The summed E-state index contributed by atoms with van der Waals surface area (Å²) in [5, 5.41) is 2.54. The van der Waals surface area contributed by atoms with E-state index in [9.17, 15) is 0 Å². The summed E-state index contributed by atoms with van der Waals surface area (Å²) in [7, 11) is 0. The maximum atomic E-state index is 4.68. The summed E-state index contributed by atoms with van der Waals surface area (Å²) in [6.07, 6.45) is 2.02. The van der Waals surface area contributed by atoms with E-state index in [4.69, 9.17) is 0 Å². The van der Waals surface area contributed by atoms with Crippen LogP contribution in [0.1, 0.15) is 37.7 Å². The fourth-order valence-electron chi connectivity index (χ4n) is 2.78. The minimum Gasteiger partial charge on any atom is -0.300 e. The van der Waals surface area contributed by atoms with Crippen molar-refractivity contribution in [3.05, 3.63) is 47.4 Å². The van der Waals surface area contributed by atoms with Gasteiger partial charge in [-0.15, -0.1) is 0 Å². The molecule has 0 unspecified atom stereocenters. The second-order valence-electron chi connectivity index (χ2n) is 6.31. The summed E-state index contributed by atoms with van der Waals surface area (Å²) in [6.45, 7) is 11.1. The van der Waals surface area contributed by atoms with E-state index in [1.54, 1.807) is 0 Å². The lowest BCUT2D eigenvalue weighted by molar-refractivity contribution is 0.561. The molecule has 0 saturated carbocycles. The molecule has 0 radical (unpaired) electrons. The van der Waals surface area contributed by atoms with Crippen molar-refractivity contribution in [2.24, 2.45) is 0 Å². The first-order valence-corrected chi connectivity index (χ1v) is 6.77. The average Bonchev–Trinajstić information content (AvgIpc) is 2.80. The van der Waals surface area contributed by atoms with Crippen molar-refractivity contribution in [1.29, 1.82) is 0 Å². The molecule has 2 heteroatoms. The maximum Gasteiger partial charge on any atom is 0.145 e. The Morgan fingerprint density at radius 1 is 1.00 bits per heavy atom. The van der Waals surface area contributed by atoms with Crippen LogP contribution in [0.4, 0.5) is 0 Å². The number of hydrogen-bond acceptors (Lipinski definition) is 1. The van der Waals surface area contributed by atoms with E-state index < -0.39 is 0 Å². The van der Waals surface area contributed by atoms with Gasteiger partial charge in [-0.3, -0.25) is 0 Å². The van der Waals surface area contributed by atoms with Gasteiger partial charge in [0.1, 0.15) is 5.65 Å². The Labute approximate surface area is 114 Å². The second-order valence-corrected chi connectivity index (χ2v) is 6.31. The Hall–Kier alpha value is -1.83. The minimum absolute atomic E-state index is 0.0963. The van der Waals surface area contributed by atoms with Crippen LogP contribution >= 0.6 is 0 Å². The zero-order valence-electron chi connectivity index (χ0n) is 12.3. The summed E-state index contributed by atoms with van der Waals surface area (Å²) < 4.78 is 2.32. The first-order valence-electron chi connectivity index (χ1n) is 6.77. The first-order chi connectivity index (χ1) is 8.91. The van der Waals surface area contributed by atoms with Gasteiger partial charge >= 0.3 is 0 Å². The predicted octanol–water partition coefficient (Wildman–Crippen LogP) is 4.40. The molecule has 2 aromatic heterocycles. The number of rotatable bonds is 0. The van der Waals surface area contributed by atoms with Gasteiger partial charge in [0.15, 0.2) is 0 Å². The van der Waals surface area contributed by atoms with Gasteiger partial charge < -0.3 is 4.40 Å². The normalized spacial score (nSPS) is 12.5. The highest BCUT2D eigenvalue weighted by Gasteiger charge is 2.21. The molecule has 2 heterocycles. The quantitative estimate of drug-likeness (QED) is 0.579. The number of hydrogen-bond donors (Lipinski definition) is 0. The molecule has 0 aliphatic rings. The molecule has 0 aliphatic heterocycles. The van der Waals surface area contributed by atoms with E-state index in [0.717, 1.165) is 5.65 Å². The van der Waals surface area contributed by atoms with Gasteiger partial charge in [0.2, 0.25) is 0 Å². The average molecular weight is 252 g/mol. The van der Waals surface area contributed by atoms with E-state index in [-0.39, 0.29) is 5.41 Å². The standard InChI is InChI=1S/C17H20N2/c1-11-12(2)19-15(17(3,4)5)10-18-16(19)14-9-7-6-8-13(11)14/h6-10H,1-5H3. The van der Waals surface area contributed by atoms with Crippen LogP contribution in [0.2, 0.25) is 0 Å². The van der Waals surface area contributed by atoms with Crippen LogP contribution in [-0.4, -0.2) is 9.38 Å². The van der Waals surface area contributed by atoms with Crippen LogP contribution in [0.3, 0.4) is 0 Å². The Bertz CT molecular complexity index is 773. The predicted molar refractivity (Wildman–Crippen MR) is 80.9 cm³/mol. The number of pyridine rings is 1. The largest absolute Gasteiger partial charge is 0.300 e. The molecular formula is C17H20N2. The highest BCUT2D eigenvalue weighted by Crippen LogP contribution is 2.30. The molecule has 0 saturated heterocycles. The number of benzene rings is 1. The van der Waals surface area contributed by atoms with Crippen molar-refractivity contribution >= 4 is 16.4 Å². The second kappa shape index (κ2) is 3.83. The van der Waals surface area contributed by atoms with Gasteiger partial charge in [0.05, 0.1) is 0 Å². The first kappa shape index (κ1) is 12.2. The lowest BCUT2D eigenvalue weighted by Gasteiger charge is -2.20. The molecular weight excluding hydrogens is 232 g/mol. The highest BCUT2D eigenvalue weighted by molar-refractivity contribution is 5.96. The summed E-state index contributed by atoms with van der Waals surface area (Å²) in [6, 6.07) is 8.53. The molecule has 0 aliphatic carbocycles. The van der Waals surface area contributed by atoms with Gasteiger partial charge in [0, 0.05) is 28.4 Å². The van der Waals surface area contributed by atoms with Gasteiger partial charge in [0.25, 0.3) is 0 Å². The zero-order valence-corrected chi connectivity index (χ0v) is 12.3. The molecule has 0 amide bonds. The minimum atomic E-state index is 0.0963. The van der Waals surface area contributed by atoms with Crippen LogP contribution in [-0.2, 0) is 5.41 Å². The van der Waals surface area contributed by atoms with E-state index in [2.05, 4.69) is 68.3 Å². The maximum absolute atomic E-state index is 4.68. The SMILES string of the molecule is Cc1c(C)n2c(C(C)(C)C)cnc2c2ccccc12. The smallest absolute Gasteiger partial charge is 0.145 e. The van der Waals surface area contributed by atoms with Crippen molar-refractivity contribution in [3.63, 3.8) is 0 Å². The zero-order chi connectivity index (χ0) is 13.8. The molecule has 98 valence electrons. The van der Waals surface area contributed by atoms with E-state index >= 15 is 0 Å². The van der Waals surface area contributed by atoms with Gasteiger partial charge in [-0.05, 0) is 24.8 Å². The Balaban J connectivity index is 2.57. The molecule has 3 aromatic rings. The van der Waals surface area contributed by atoms with E-state index in [1.165, 1.54) is 27.7 Å². The van der Waals surface area contributed by atoms with E-state index in [1.807, 2.05) is 6.20 Å². The Morgan fingerprint density at radius 2 is 1.63 bits per heavy atom. The van der Waals surface area contributed by atoms with Crippen LogP contribution in [0.15, 0.2) is 30.5 Å². The topological polar surface area (TPSA) is 17.3 Å². The van der Waals surface area contributed by atoms with Crippen LogP contribution in [0.5, 0.6) is 0 Å². The van der Waals surface area contributed by atoms with Crippen molar-refractivity contribution in [1.82, 2.24) is 9.38 Å². The number of imidazole rings is 1. The monoisotopic (exact) mass is 252 g/mol. The van der Waals surface area contributed by atoms with Crippen LogP contribution < -0.4 is 0 Å². The lowest BCUT2D eigenvalue weighted by Crippen LogP contribution is -2.15.